The normalized spacial score (nSPS) is 17.5. The molecule has 0 saturated carbocycles. The first-order valence-corrected chi connectivity index (χ1v) is 9.07. The molecule has 0 unspecified atom stereocenters. The van der Waals surface area contributed by atoms with Crippen LogP contribution >= 0.6 is 0 Å². The summed E-state index contributed by atoms with van der Waals surface area (Å²) in [6.45, 7) is 2.65. The van der Waals surface area contributed by atoms with E-state index < -0.39 is 27.7 Å². The molecule has 0 amide bonds. The van der Waals surface area contributed by atoms with Gasteiger partial charge in [-0.15, -0.1) is 5.10 Å². The third-order valence-electron chi connectivity index (χ3n) is 4.03. The number of ether oxygens (including phenoxy) is 2. The highest BCUT2D eigenvalue weighted by atomic mass is 32.2. The number of aromatic nitrogens is 3. The Balaban J connectivity index is 2.04. The number of nitrogens with zero attached hydrogens (tertiary/aromatic N) is 4. The Bertz CT molecular complexity index is 957. The second kappa shape index (κ2) is 6.58. The van der Waals surface area contributed by atoms with Gasteiger partial charge in [-0.2, -0.15) is 8.99 Å². The second-order valence-electron chi connectivity index (χ2n) is 5.54. The van der Waals surface area contributed by atoms with Gasteiger partial charge in [0.05, 0.1) is 25.2 Å². The summed E-state index contributed by atoms with van der Waals surface area (Å²) in [6.07, 6.45) is 1.22. The number of fused-ring (bicyclic) bond motifs is 1. The fraction of sp³-hybridized carbons (Fsp3) is 0.500. The molecule has 1 saturated heterocycles. The highest BCUT2D eigenvalue weighted by Gasteiger charge is 2.27. The number of hydrogen-bond acceptors (Lipinski definition) is 7. The minimum atomic E-state index is -3.74. The van der Waals surface area contributed by atoms with Crippen LogP contribution in [-0.2, 0) is 24.3 Å². The molecule has 1 atom stereocenters. The molecule has 1 fully saturated rings. The first-order chi connectivity index (χ1) is 11.9. The van der Waals surface area contributed by atoms with E-state index in [1.807, 2.05) is 0 Å². The largest absolute Gasteiger partial charge is 0.467 e. The molecule has 2 aromatic rings. The number of pyridine rings is 1. The molecule has 136 valence electrons. The summed E-state index contributed by atoms with van der Waals surface area (Å²) < 4.78 is 38.5. The summed E-state index contributed by atoms with van der Waals surface area (Å²) >= 11 is 0. The van der Waals surface area contributed by atoms with E-state index in [4.69, 9.17) is 4.74 Å². The third kappa shape index (κ3) is 3.05. The van der Waals surface area contributed by atoms with Crippen LogP contribution in [0.25, 0.3) is 5.65 Å². The summed E-state index contributed by atoms with van der Waals surface area (Å²) in [7, 11) is -2.52. The predicted octanol–water partition coefficient (Wildman–Crippen LogP) is -0.749. The van der Waals surface area contributed by atoms with E-state index in [1.165, 1.54) is 36.7 Å². The van der Waals surface area contributed by atoms with Crippen LogP contribution in [0.3, 0.4) is 0 Å². The molecular weight excluding hydrogens is 352 g/mol. The van der Waals surface area contributed by atoms with E-state index in [1.54, 1.807) is 0 Å². The Morgan fingerprint density at radius 2 is 2.00 bits per heavy atom. The van der Waals surface area contributed by atoms with Crippen molar-refractivity contribution in [3.8, 4) is 0 Å². The van der Waals surface area contributed by atoms with Gasteiger partial charge >= 0.3 is 11.7 Å². The average Bonchev–Trinajstić information content (AvgIpc) is 2.97. The van der Waals surface area contributed by atoms with E-state index in [0.29, 0.717) is 13.2 Å². The monoisotopic (exact) mass is 370 g/mol. The second-order valence-corrected chi connectivity index (χ2v) is 7.47. The SMILES string of the molecule is COC(=O)[C@H](C)n1nc2ccc(S(=O)(=O)N3CCOCC3)cn2c1=O. The molecule has 3 rings (SSSR count). The van der Waals surface area contributed by atoms with Gasteiger partial charge in [-0.05, 0) is 19.1 Å². The maximum Gasteiger partial charge on any atom is 0.351 e. The highest BCUT2D eigenvalue weighted by molar-refractivity contribution is 7.89. The Labute approximate surface area is 143 Å². The van der Waals surface area contributed by atoms with Gasteiger partial charge in [0.15, 0.2) is 11.7 Å². The van der Waals surface area contributed by atoms with Crippen molar-refractivity contribution in [1.82, 2.24) is 18.5 Å². The number of morpholine rings is 1. The standard InChI is InChI=1S/C14H18N4O6S/c1-10(13(19)23-2)18-14(20)17-9-11(3-4-12(17)15-18)25(21,22)16-5-7-24-8-6-16/h3-4,9-10H,5-8H2,1-2H3/t10-/m0/s1. The van der Waals surface area contributed by atoms with Crippen LogP contribution in [0.2, 0.25) is 0 Å². The van der Waals surface area contributed by atoms with Crippen LogP contribution in [0.1, 0.15) is 13.0 Å². The zero-order valence-electron chi connectivity index (χ0n) is 13.8. The van der Waals surface area contributed by atoms with E-state index in [-0.39, 0.29) is 23.6 Å². The number of hydrogen-bond donors (Lipinski definition) is 0. The minimum Gasteiger partial charge on any atom is -0.467 e. The molecule has 10 nitrogen and oxygen atoms in total. The van der Waals surface area contributed by atoms with Gasteiger partial charge in [0.25, 0.3) is 0 Å². The quantitative estimate of drug-likeness (QED) is 0.651. The fourth-order valence-electron chi connectivity index (χ4n) is 2.58. The van der Waals surface area contributed by atoms with E-state index >= 15 is 0 Å². The number of carbonyl (C=O) groups is 1. The lowest BCUT2D eigenvalue weighted by atomic mass is 10.3. The van der Waals surface area contributed by atoms with Gasteiger partial charge in [0.1, 0.15) is 0 Å². The minimum absolute atomic E-state index is 0.0192. The van der Waals surface area contributed by atoms with Crippen molar-refractivity contribution in [3.05, 3.63) is 28.8 Å². The van der Waals surface area contributed by atoms with Crippen molar-refractivity contribution in [3.63, 3.8) is 0 Å². The smallest absolute Gasteiger partial charge is 0.351 e. The van der Waals surface area contributed by atoms with Crippen molar-refractivity contribution < 1.29 is 22.7 Å². The van der Waals surface area contributed by atoms with E-state index in [9.17, 15) is 18.0 Å². The lowest BCUT2D eigenvalue weighted by Crippen LogP contribution is -2.40. The van der Waals surface area contributed by atoms with Crippen LogP contribution in [0, 0.1) is 0 Å². The summed E-state index contributed by atoms with van der Waals surface area (Å²) in [5, 5.41) is 4.05. The molecule has 1 aliphatic rings. The molecule has 1 aliphatic heterocycles. The van der Waals surface area contributed by atoms with E-state index in [2.05, 4.69) is 9.84 Å². The lowest BCUT2D eigenvalue weighted by Gasteiger charge is -2.25. The van der Waals surface area contributed by atoms with Crippen molar-refractivity contribution in [2.24, 2.45) is 0 Å². The van der Waals surface area contributed by atoms with Gasteiger partial charge in [-0.1, -0.05) is 0 Å². The van der Waals surface area contributed by atoms with Gasteiger partial charge in [-0.3, -0.25) is 0 Å². The zero-order chi connectivity index (χ0) is 18.2. The van der Waals surface area contributed by atoms with Crippen LogP contribution in [0.4, 0.5) is 0 Å². The summed E-state index contributed by atoms with van der Waals surface area (Å²) in [5.41, 5.74) is -0.381. The Morgan fingerprint density at radius 3 is 2.64 bits per heavy atom. The van der Waals surface area contributed by atoms with Crippen LogP contribution < -0.4 is 5.69 Å². The zero-order valence-corrected chi connectivity index (χ0v) is 14.6. The molecule has 0 spiro atoms. The van der Waals surface area contributed by atoms with Gasteiger partial charge in [-0.25, -0.2) is 22.4 Å². The van der Waals surface area contributed by atoms with Crippen molar-refractivity contribution >= 4 is 21.6 Å². The third-order valence-corrected chi connectivity index (χ3v) is 5.91. The molecule has 0 bridgehead atoms. The summed E-state index contributed by atoms with van der Waals surface area (Å²) in [6, 6.07) is 1.89. The number of carbonyl (C=O) groups excluding carboxylic acids is 1. The molecule has 0 N–H and O–H groups in total. The maximum absolute atomic E-state index is 12.7. The topological polar surface area (TPSA) is 112 Å². The molecule has 3 heterocycles. The van der Waals surface area contributed by atoms with Crippen LogP contribution in [0.15, 0.2) is 28.0 Å². The predicted molar refractivity (Wildman–Crippen MR) is 85.8 cm³/mol. The maximum atomic E-state index is 12.7. The van der Waals surface area contributed by atoms with Gasteiger partial charge in [0.2, 0.25) is 10.0 Å². The number of rotatable bonds is 4. The lowest BCUT2D eigenvalue weighted by molar-refractivity contribution is -0.144. The van der Waals surface area contributed by atoms with Crippen LogP contribution in [0.5, 0.6) is 0 Å². The molecule has 11 heteroatoms. The first kappa shape index (κ1) is 17.6. The highest BCUT2D eigenvalue weighted by Crippen LogP contribution is 2.17. The van der Waals surface area contributed by atoms with E-state index in [0.717, 1.165) is 9.08 Å². The first-order valence-electron chi connectivity index (χ1n) is 7.63. The van der Waals surface area contributed by atoms with Gasteiger partial charge in [0, 0.05) is 19.3 Å². The van der Waals surface area contributed by atoms with Gasteiger partial charge < -0.3 is 9.47 Å². The summed E-state index contributed by atoms with van der Waals surface area (Å²) in [5.74, 6) is -0.619. The Hall–Kier alpha value is -2.24. The Kier molecular flexibility index (Phi) is 4.62. The van der Waals surface area contributed by atoms with Crippen molar-refractivity contribution in [2.45, 2.75) is 17.9 Å². The molecule has 25 heavy (non-hydrogen) atoms. The Morgan fingerprint density at radius 1 is 1.32 bits per heavy atom. The number of sulfonamides is 1. The summed E-state index contributed by atoms with van der Waals surface area (Å²) in [4.78, 5) is 24.1. The van der Waals surface area contributed by atoms with Crippen molar-refractivity contribution in [1.29, 1.82) is 0 Å². The fourth-order valence-corrected chi connectivity index (χ4v) is 3.99. The van der Waals surface area contributed by atoms with Crippen molar-refractivity contribution in [2.75, 3.05) is 33.4 Å². The number of methoxy groups -OCH3 is 1. The molecule has 0 radical (unpaired) electrons. The molecule has 0 aliphatic carbocycles. The molecule has 0 aromatic carbocycles. The molecular formula is C14H18N4O6S. The molecule has 2 aromatic heterocycles. The van der Waals surface area contributed by atoms with Crippen LogP contribution in [-0.4, -0.2) is 66.3 Å². The number of esters is 1. The average molecular weight is 370 g/mol.